The highest BCUT2D eigenvalue weighted by Gasteiger charge is 2.49. The predicted molar refractivity (Wildman–Crippen MR) is 82.3 cm³/mol. The summed E-state index contributed by atoms with van der Waals surface area (Å²) in [6.07, 6.45) is 3.36. The SMILES string of the molecule is CCC1CC(C(=O)NN(C(C)C)C(C)C)N2C(=O)CCC12. The Morgan fingerprint density at radius 1 is 1.33 bits per heavy atom. The zero-order valence-corrected chi connectivity index (χ0v) is 13.9. The third-order valence-corrected chi connectivity index (χ3v) is 4.88. The van der Waals surface area contributed by atoms with Gasteiger partial charge >= 0.3 is 0 Å². The van der Waals surface area contributed by atoms with Gasteiger partial charge in [0.1, 0.15) is 6.04 Å². The maximum absolute atomic E-state index is 12.7. The lowest BCUT2D eigenvalue weighted by Crippen LogP contribution is -2.55. The number of hydrazine groups is 1. The number of hydrogen-bond acceptors (Lipinski definition) is 3. The minimum absolute atomic E-state index is 0.0198. The molecule has 5 nitrogen and oxygen atoms in total. The van der Waals surface area contributed by atoms with E-state index < -0.39 is 0 Å². The van der Waals surface area contributed by atoms with Gasteiger partial charge in [0.05, 0.1) is 0 Å². The van der Waals surface area contributed by atoms with Crippen molar-refractivity contribution < 1.29 is 9.59 Å². The molecule has 0 saturated carbocycles. The minimum Gasteiger partial charge on any atom is -0.327 e. The van der Waals surface area contributed by atoms with Gasteiger partial charge in [-0.1, -0.05) is 13.3 Å². The van der Waals surface area contributed by atoms with Crippen LogP contribution in [-0.4, -0.2) is 45.9 Å². The second kappa shape index (κ2) is 6.34. The number of hydrogen-bond donors (Lipinski definition) is 1. The summed E-state index contributed by atoms with van der Waals surface area (Å²) in [4.78, 5) is 26.6. The van der Waals surface area contributed by atoms with E-state index in [2.05, 4.69) is 40.0 Å². The van der Waals surface area contributed by atoms with Crippen molar-refractivity contribution in [1.82, 2.24) is 15.3 Å². The average Bonchev–Trinajstić information content (AvgIpc) is 2.96. The van der Waals surface area contributed by atoms with Gasteiger partial charge in [-0.05, 0) is 46.5 Å². The molecule has 2 amide bonds. The average molecular weight is 295 g/mol. The van der Waals surface area contributed by atoms with E-state index in [4.69, 9.17) is 0 Å². The Morgan fingerprint density at radius 2 is 1.95 bits per heavy atom. The molecule has 3 unspecified atom stereocenters. The van der Waals surface area contributed by atoms with Gasteiger partial charge in [-0.15, -0.1) is 0 Å². The molecule has 0 spiro atoms. The lowest BCUT2D eigenvalue weighted by molar-refractivity contribution is -0.140. The number of amides is 2. The normalized spacial score (nSPS) is 28.9. The van der Waals surface area contributed by atoms with Gasteiger partial charge in [0, 0.05) is 24.5 Å². The lowest BCUT2D eigenvalue weighted by Gasteiger charge is -2.33. The van der Waals surface area contributed by atoms with Crippen LogP contribution >= 0.6 is 0 Å². The first-order valence-electron chi connectivity index (χ1n) is 8.26. The molecule has 0 aromatic rings. The molecule has 21 heavy (non-hydrogen) atoms. The first-order chi connectivity index (χ1) is 9.86. The molecule has 2 heterocycles. The molecule has 2 aliphatic rings. The van der Waals surface area contributed by atoms with Crippen LogP contribution in [0.25, 0.3) is 0 Å². The minimum atomic E-state index is -0.282. The summed E-state index contributed by atoms with van der Waals surface area (Å²) >= 11 is 0. The molecule has 1 N–H and O–H groups in total. The number of nitrogens with zero attached hydrogens (tertiary/aromatic N) is 2. The zero-order chi connectivity index (χ0) is 15.7. The molecule has 0 aromatic carbocycles. The van der Waals surface area contributed by atoms with E-state index in [1.165, 1.54) is 0 Å². The van der Waals surface area contributed by atoms with Crippen LogP contribution in [0.4, 0.5) is 0 Å². The van der Waals surface area contributed by atoms with Gasteiger partial charge in [-0.3, -0.25) is 15.0 Å². The van der Waals surface area contributed by atoms with Crippen LogP contribution in [0.3, 0.4) is 0 Å². The van der Waals surface area contributed by atoms with Gasteiger partial charge < -0.3 is 4.90 Å². The van der Waals surface area contributed by atoms with Crippen molar-refractivity contribution in [3.8, 4) is 0 Å². The Kier molecular flexibility index (Phi) is 4.91. The molecule has 2 rings (SSSR count). The van der Waals surface area contributed by atoms with Crippen molar-refractivity contribution in [3.63, 3.8) is 0 Å². The number of fused-ring (bicyclic) bond motifs is 1. The Bertz CT molecular complexity index is 400. The lowest BCUT2D eigenvalue weighted by atomic mass is 9.94. The maximum Gasteiger partial charge on any atom is 0.257 e. The Labute approximate surface area is 128 Å². The molecule has 0 aromatic heterocycles. The van der Waals surface area contributed by atoms with Crippen molar-refractivity contribution in [2.45, 2.75) is 84.5 Å². The van der Waals surface area contributed by atoms with Crippen molar-refractivity contribution in [1.29, 1.82) is 0 Å². The first kappa shape index (κ1) is 16.3. The number of carbonyl (C=O) groups excluding carboxylic acids is 2. The Hall–Kier alpha value is -1.10. The van der Waals surface area contributed by atoms with Crippen LogP contribution in [-0.2, 0) is 9.59 Å². The van der Waals surface area contributed by atoms with Crippen molar-refractivity contribution in [3.05, 3.63) is 0 Å². The fraction of sp³-hybridized carbons (Fsp3) is 0.875. The second-order valence-corrected chi connectivity index (χ2v) is 6.90. The monoisotopic (exact) mass is 295 g/mol. The van der Waals surface area contributed by atoms with Crippen LogP contribution in [0.5, 0.6) is 0 Å². The van der Waals surface area contributed by atoms with Gasteiger partial charge in [0.15, 0.2) is 0 Å². The van der Waals surface area contributed by atoms with E-state index >= 15 is 0 Å². The molecule has 0 radical (unpaired) electrons. The summed E-state index contributed by atoms with van der Waals surface area (Å²) in [7, 11) is 0. The van der Waals surface area contributed by atoms with Crippen molar-refractivity contribution in [2.75, 3.05) is 0 Å². The van der Waals surface area contributed by atoms with Crippen molar-refractivity contribution >= 4 is 11.8 Å². The van der Waals surface area contributed by atoms with Crippen LogP contribution in [0.1, 0.15) is 60.3 Å². The molecule has 2 fully saturated rings. The van der Waals surface area contributed by atoms with Crippen LogP contribution in [0.15, 0.2) is 0 Å². The van der Waals surface area contributed by atoms with E-state index in [1.54, 1.807) is 0 Å². The van der Waals surface area contributed by atoms with E-state index in [1.807, 2.05) is 9.91 Å². The fourth-order valence-electron chi connectivity index (χ4n) is 3.88. The topological polar surface area (TPSA) is 52.7 Å². The Morgan fingerprint density at radius 3 is 2.48 bits per heavy atom. The summed E-state index contributed by atoms with van der Waals surface area (Å²) in [6.45, 7) is 10.4. The Balaban J connectivity index is 2.10. The quantitative estimate of drug-likeness (QED) is 0.789. The molecule has 120 valence electrons. The molecule has 0 bridgehead atoms. The highest BCUT2D eigenvalue weighted by molar-refractivity contribution is 5.89. The number of carbonyl (C=O) groups is 2. The zero-order valence-electron chi connectivity index (χ0n) is 13.9. The van der Waals surface area contributed by atoms with E-state index in [9.17, 15) is 9.59 Å². The molecule has 0 aliphatic carbocycles. The molecule has 3 atom stereocenters. The van der Waals surface area contributed by atoms with E-state index in [-0.39, 0.29) is 36.0 Å². The van der Waals surface area contributed by atoms with Gasteiger partial charge in [0.25, 0.3) is 5.91 Å². The van der Waals surface area contributed by atoms with Gasteiger partial charge in [-0.2, -0.15) is 0 Å². The smallest absolute Gasteiger partial charge is 0.257 e. The summed E-state index contributed by atoms with van der Waals surface area (Å²) in [6, 6.07) is 0.476. The van der Waals surface area contributed by atoms with Crippen LogP contribution in [0, 0.1) is 5.92 Å². The fourth-order valence-corrected chi connectivity index (χ4v) is 3.88. The summed E-state index contributed by atoms with van der Waals surface area (Å²) in [5.74, 6) is 0.601. The molecule has 2 saturated heterocycles. The summed E-state index contributed by atoms with van der Waals surface area (Å²) in [5, 5.41) is 1.97. The molecule has 2 aliphatic heterocycles. The highest BCUT2D eigenvalue weighted by atomic mass is 16.2. The molecular formula is C16H29N3O2. The number of nitrogens with one attached hydrogen (secondary N) is 1. The third-order valence-electron chi connectivity index (χ3n) is 4.88. The van der Waals surface area contributed by atoms with Gasteiger partial charge in [-0.25, -0.2) is 5.01 Å². The summed E-state index contributed by atoms with van der Waals surface area (Å²) < 4.78 is 0. The predicted octanol–water partition coefficient (Wildman–Crippen LogP) is 1.93. The molecule has 5 heteroatoms. The summed E-state index contributed by atoms with van der Waals surface area (Å²) in [5.41, 5.74) is 3.04. The standard InChI is InChI=1S/C16H29N3O2/c1-6-12-9-14(18-13(12)7-8-15(18)20)16(21)17-19(10(2)3)11(4)5/h10-14H,6-9H2,1-5H3,(H,17,21). The largest absolute Gasteiger partial charge is 0.327 e. The highest BCUT2D eigenvalue weighted by Crippen LogP contribution is 2.39. The van der Waals surface area contributed by atoms with E-state index in [0.29, 0.717) is 12.3 Å². The number of rotatable bonds is 5. The first-order valence-corrected chi connectivity index (χ1v) is 8.26. The maximum atomic E-state index is 12.7. The second-order valence-electron chi connectivity index (χ2n) is 6.90. The van der Waals surface area contributed by atoms with Crippen LogP contribution < -0.4 is 5.43 Å². The third kappa shape index (κ3) is 3.07. The van der Waals surface area contributed by atoms with E-state index in [0.717, 1.165) is 19.3 Å². The van der Waals surface area contributed by atoms with Crippen LogP contribution in [0.2, 0.25) is 0 Å². The van der Waals surface area contributed by atoms with Crippen molar-refractivity contribution in [2.24, 2.45) is 5.92 Å². The molecular weight excluding hydrogens is 266 g/mol. The van der Waals surface area contributed by atoms with Gasteiger partial charge in [0.2, 0.25) is 5.91 Å².